The lowest BCUT2D eigenvalue weighted by Crippen LogP contribution is -2.50. The Morgan fingerprint density at radius 1 is 1.22 bits per heavy atom. The summed E-state index contributed by atoms with van der Waals surface area (Å²) in [5, 5.41) is 2.97. The molecule has 152 valence electrons. The van der Waals surface area contributed by atoms with Crippen LogP contribution in [-0.4, -0.2) is 51.5 Å². The summed E-state index contributed by atoms with van der Waals surface area (Å²) in [6.07, 6.45) is 3.02. The number of carbonyl (C=O) groups excluding carboxylic acids is 1. The van der Waals surface area contributed by atoms with Gasteiger partial charge in [0.05, 0.1) is 11.8 Å². The molecule has 3 N–H and O–H groups in total. The predicted molar refractivity (Wildman–Crippen MR) is 111 cm³/mol. The Bertz CT molecular complexity index is 731. The van der Waals surface area contributed by atoms with Gasteiger partial charge < -0.3 is 16.0 Å². The highest BCUT2D eigenvalue weighted by molar-refractivity contribution is 7.90. The van der Waals surface area contributed by atoms with Crippen LogP contribution in [0.4, 0.5) is 5.69 Å². The molecule has 1 unspecified atom stereocenters. The minimum absolute atomic E-state index is 0.0649. The number of carbonyl (C=O) groups is 1. The smallest absolute Gasteiger partial charge is 0.237 e. The molecule has 27 heavy (non-hydrogen) atoms. The van der Waals surface area contributed by atoms with Crippen molar-refractivity contribution in [2.24, 2.45) is 5.73 Å². The van der Waals surface area contributed by atoms with Gasteiger partial charge in [-0.05, 0) is 42.4 Å². The lowest BCUT2D eigenvalue weighted by atomic mass is 9.87. The summed E-state index contributed by atoms with van der Waals surface area (Å²) >= 11 is 0. The molecular formula is C20H33N3O3S. The molecule has 1 aromatic carbocycles. The first kappa shape index (κ1) is 21.7. The molecule has 1 atom stereocenters. The van der Waals surface area contributed by atoms with E-state index in [0.717, 1.165) is 32.2 Å². The second kappa shape index (κ2) is 8.61. The molecule has 1 aromatic rings. The molecular weight excluding hydrogens is 362 g/mol. The zero-order valence-corrected chi connectivity index (χ0v) is 17.7. The molecule has 0 aliphatic carbocycles. The van der Waals surface area contributed by atoms with Gasteiger partial charge in [0.1, 0.15) is 9.84 Å². The lowest BCUT2D eigenvalue weighted by molar-refractivity contribution is -0.123. The van der Waals surface area contributed by atoms with E-state index in [2.05, 4.69) is 55.3 Å². The van der Waals surface area contributed by atoms with Gasteiger partial charge in [0, 0.05) is 31.1 Å². The molecule has 0 spiro atoms. The minimum Gasteiger partial charge on any atom is -0.371 e. The van der Waals surface area contributed by atoms with Crippen molar-refractivity contribution < 1.29 is 13.2 Å². The van der Waals surface area contributed by atoms with Crippen LogP contribution in [0.15, 0.2) is 24.3 Å². The second-order valence-corrected chi connectivity index (χ2v) is 10.9. The monoisotopic (exact) mass is 395 g/mol. The van der Waals surface area contributed by atoms with Gasteiger partial charge in [-0.15, -0.1) is 0 Å². The number of nitrogens with zero attached hydrogens (tertiary/aromatic N) is 1. The van der Waals surface area contributed by atoms with Crippen LogP contribution in [0.1, 0.15) is 45.6 Å². The summed E-state index contributed by atoms with van der Waals surface area (Å²) in [6.45, 7) is 8.36. The van der Waals surface area contributed by atoms with E-state index < -0.39 is 15.9 Å². The van der Waals surface area contributed by atoms with Crippen molar-refractivity contribution in [3.8, 4) is 0 Å². The number of benzene rings is 1. The quantitative estimate of drug-likeness (QED) is 0.767. The zero-order chi connectivity index (χ0) is 20.2. The molecule has 0 saturated carbocycles. The van der Waals surface area contributed by atoms with Crippen LogP contribution in [0.5, 0.6) is 0 Å². The number of piperidine rings is 1. The van der Waals surface area contributed by atoms with Crippen LogP contribution in [0.25, 0.3) is 0 Å². The average Bonchev–Trinajstić information content (AvgIpc) is 2.59. The van der Waals surface area contributed by atoms with Crippen LogP contribution in [0, 0.1) is 0 Å². The van der Waals surface area contributed by atoms with Gasteiger partial charge >= 0.3 is 0 Å². The molecule has 6 nitrogen and oxygen atoms in total. The van der Waals surface area contributed by atoms with E-state index in [1.165, 1.54) is 11.3 Å². The maximum absolute atomic E-state index is 12.2. The van der Waals surface area contributed by atoms with Gasteiger partial charge in [0.25, 0.3) is 0 Å². The molecule has 1 heterocycles. The van der Waals surface area contributed by atoms with Crippen molar-refractivity contribution >= 4 is 21.4 Å². The first-order chi connectivity index (χ1) is 12.5. The molecule has 0 radical (unpaired) electrons. The summed E-state index contributed by atoms with van der Waals surface area (Å²) < 4.78 is 22.4. The number of nitrogens with one attached hydrogen (secondary N) is 1. The Hall–Kier alpha value is -1.60. The Morgan fingerprint density at radius 3 is 2.26 bits per heavy atom. The number of hydrogen-bond donors (Lipinski definition) is 2. The molecule has 1 saturated heterocycles. The predicted octanol–water partition coefficient (Wildman–Crippen LogP) is 1.83. The van der Waals surface area contributed by atoms with Gasteiger partial charge in [-0.25, -0.2) is 8.42 Å². The third-order valence-corrected chi connectivity index (χ3v) is 6.05. The first-order valence-electron chi connectivity index (χ1n) is 9.55. The summed E-state index contributed by atoms with van der Waals surface area (Å²) in [5.41, 5.74) is 8.49. The number of sulfone groups is 1. The lowest BCUT2D eigenvalue weighted by Gasteiger charge is -2.34. The van der Waals surface area contributed by atoms with Crippen LogP contribution < -0.4 is 16.0 Å². The highest BCUT2D eigenvalue weighted by Crippen LogP contribution is 2.26. The topological polar surface area (TPSA) is 92.5 Å². The van der Waals surface area contributed by atoms with E-state index in [1.807, 2.05) is 0 Å². The van der Waals surface area contributed by atoms with Gasteiger partial charge in [-0.1, -0.05) is 32.9 Å². The summed E-state index contributed by atoms with van der Waals surface area (Å²) in [4.78, 5) is 14.5. The third-order valence-electron chi connectivity index (χ3n) is 5.08. The Balaban J connectivity index is 1.82. The summed E-state index contributed by atoms with van der Waals surface area (Å²) in [6, 6.07) is 8.02. The molecule has 1 fully saturated rings. The number of rotatable bonds is 6. The highest BCUT2D eigenvalue weighted by atomic mass is 32.2. The SMILES string of the molecule is CC(C)(C)c1ccc(N2CCC(NC(=O)C(N)CCS(C)(=O)=O)CC2)cc1. The van der Waals surface area contributed by atoms with E-state index in [0.29, 0.717) is 0 Å². The van der Waals surface area contributed by atoms with Crippen LogP contribution in [0.3, 0.4) is 0 Å². The van der Waals surface area contributed by atoms with Crippen molar-refractivity contribution in [2.75, 3.05) is 30.0 Å². The molecule has 1 aliphatic heterocycles. The minimum atomic E-state index is -3.10. The van der Waals surface area contributed by atoms with Crippen molar-refractivity contribution in [2.45, 2.75) is 57.5 Å². The normalized spacial score (nSPS) is 17.6. The van der Waals surface area contributed by atoms with E-state index in [9.17, 15) is 13.2 Å². The third kappa shape index (κ3) is 6.81. The molecule has 1 aliphatic rings. The van der Waals surface area contributed by atoms with Gasteiger partial charge in [-0.3, -0.25) is 4.79 Å². The number of hydrogen-bond acceptors (Lipinski definition) is 5. The van der Waals surface area contributed by atoms with Crippen molar-refractivity contribution in [1.82, 2.24) is 5.32 Å². The highest BCUT2D eigenvalue weighted by Gasteiger charge is 2.24. The molecule has 0 aromatic heterocycles. The number of amides is 1. The van der Waals surface area contributed by atoms with Crippen molar-refractivity contribution in [3.63, 3.8) is 0 Å². The van der Waals surface area contributed by atoms with E-state index in [4.69, 9.17) is 5.73 Å². The largest absolute Gasteiger partial charge is 0.371 e. The van der Waals surface area contributed by atoms with Crippen LogP contribution in [0.2, 0.25) is 0 Å². The van der Waals surface area contributed by atoms with Crippen molar-refractivity contribution in [3.05, 3.63) is 29.8 Å². The molecule has 7 heteroatoms. The van der Waals surface area contributed by atoms with Crippen LogP contribution >= 0.6 is 0 Å². The van der Waals surface area contributed by atoms with Gasteiger partial charge in [0.2, 0.25) is 5.91 Å². The Labute approximate surface area is 163 Å². The standard InChI is InChI=1S/C20H33N3O3S/c1-20(2,3)15-5-7-17(8-6-15)23-12-9-16(10-13-23)22-19(24)18(21)11-14-27(4,25)26/h5-8,16,18H,9-14,21H2,1-4H3,(H,22,24). The fraction of sp³-hybridized carbons (Fsp3) is 0.650. The first-order valence-corrected chi connectivity index (χ1v) is 11.6. The molecule has 2 rings (SSSR count). The maximum atomic E-state index is 12.2. The molecule has 0 bridgehead atoms. The summed E-state index contributed by atoms with van der Waals surface area (Å²) in [7, 11) is -3.10. The number of anilines is 1. The number of nitrogens with two attached hydrogens (primary N) is 1. The fourth-order valence-electron chi connectivity index (χ4n) is 3.23. The second-order valence-electron chi connectivity index (χ2n) is 8.59. The molecule has 1 amide bonds. The van der Waals surface area contributed by atoms with Crippen molar-refractivity contribution in [1.29, 1.82) is 0 Å². The Morgan fingerprint density at radius 2 is 1.78 bits per heavy atom. The fourth-order valence-corrected chi connectivity index (χ4v) is 3.92. The van der Waals surface area contributed by atoms with E-state index >= 15 is 0 Å². The van der Waals surface area contributed by atoms with Crippen LogP contribution in [-0.2, 0) is 20.0 Å². The summed E-state index contributed by atoms with van der Waals surface area (Å²) in [5.74, 6) is -0.323. The van der Waals surface area contributed by atoms with E-state index in [1.54, 1.807) is 0 Å². The zero-order valence-electron chi connectivity index (χ0n) is 16.9. The maximum Gasteiger partial charge on any atom is 0.237 e. The van der Waals surface area contributed by atoms with E-state index in [-0.39, 0.29) is 29.5 Å². The van der Waals surface area contributed by atoms with Gasteiger partial charge in [0.15, 0.2) is 0 Å². The Kier molecular flexibility index (Phi) is 6.92. The van der Waals surface area contributed by atoms with Gasteiger partial charge in [-0.2, -0.15) is 0 Å². The average molecular weight is 396 g/mol.